The van der Waals surface area contributed by atoms with Crippen LogP contribution >= 0.6 is 0 Å². The Morgan fingerprint density at radius 1 is 1.15 bits per heavy atom. The van der Waals surface area contributed by atoms with Gasteiger partial charge in [-0.15, -0.1) is 0 Å². The van der Waals surface area contributed by atoms with E-state index in [2.05, 4.69) is 17.2 Å². The number of nitrogens with zero attached hydrogens (tertiary/aromatic N) is 3. The average molecular weight is 552 g/mol. The van der Waals surface area contributed by atoms with Crippen LogP contribution in [0.2, 0.25) is 0 Å². The first-order valence-corrected chi connectivity index (χ1v) is 12.7. The van der Waals surface area contributed by atoms with Crippen LogP contribution in [0.1, 0.15) is 18.1 Å². The molecule has 0 aliphatic carbocycles. The smallest absolute Gasteiger partial charge is 0.410 e. The van der Waals surface area contributed by atoms with E-state index in [0.29, 0.717) is 56.0 Å². The van der Waals surface area contributed by atoms with Crippen molar-refractivity contribution in [1.82, 2.24) is 14.8 Å². The predicted octanol–water partition coefficient (Wildman–Crippen LogP) is 2.83. The number of pyridine rings is 1. The van der Waals surface area contributed by atoms with Crippen LogP contribution in [0.15, 0.2) is 54.0 Å². The molecule has 2 aromatic carbocycles. The van der Waals surface area contributed by atoms with E-state index >= 15 is 4.39 Å². The number of amides is 3. The predicted molar refractivity (Wildman–Crippen MR) is 149 cm³/mol. The van der Waals surface area contributed by atoms with Crippen LogP contribution in [-0.2, 0) is 27.5 Å². The molecule has 0 bridgehead atoms. The number of halogens is 1. The molecule has 1 aliphatic heterocycles. The molecule has 4 rings (SSSR count). The lowest BCUT2D eigenvalue weighted by Crippen LogP contribution is -2.49. The maximum atomic E-state index is 15.1. The molecule has 1 aliphatic rings. The third kappa shape index (κ3) is 6.22. The van der Waals surface area contributed by atoms with Gasteiger partial charge in [-0.25, -0.2) is 9.18 Å². The van der Waals surface area contributed by atoms with Crippen molar-refractivity contribution in [3.63, 3.8) is 0 Å². The zero-order valence-corrected chi connectivity index (χ0v) is 22.0. The minimum Gasteiger partial charge on any atom is -0.508 e. The Morgan fingerprint density at radius 3 is 2.48 bits per heavy atom. The number of anilines is 2. The highest BCUT2D eigenvalue weighted by Crippen LogP contribution is 2.27. The van der Waals surface area contributed by atoms with Crippen LogP contribution in [0.4, 0.5) is 20.6 Å². The highest BCUT2D eigenvalue weighted by Gasteiger charge is 2.25. The summed E-state index contributed by atoms with van der Waals surface area (Å²) in [5, 5.41) is 14.8. The van der Waals surface area contributed by atoms with Crippen molar-refractivity contribution in [1.29, 1.82) is 0 Å². The zero-order valence-electron chi connectivity index (χ0n) is 22.0. The highest BCUT2D eigenvalue weighted by molar-refractivity contribution is 5.93. The lowest BCUT2D eigenvalue weighted by molar-refractivity contribution is -0.118. The van der Waals surface area contributed by atoms with Crippen LogP contribution in [0, 0.1) is 5.82 Å². The second kappa shape index (κ2) is 12.3. The first-order chi connectivity index (χ1) is 19.2. The largest absolute Gasteiger partial charge is 0.508 e. The van der Waals surface area contributed by atoms with Crippen molar-refractivity contribution in [2.75, 3.05) is 42.9 Å². The number of piperazine rings is 1. The van der Waals surface area contributed by atoms with E-state index in [0.717, 1.165) is 5.56 Å². The number of carbonyl (C=O) groups excluding carboxylic acids is 3. The summed E-state index contributed by atoms with van der Waals surface area (Å²) in [5.41, 5.74) is 1.67. The quantitative estimate of drug-likeness (QED) is 0.275. The summed E-state index contributed by atoms with van der Waals surface area (Å²) >= 11 is 0. The molecular formula is C28H30FN5O6. The number of aryl methyl sites for hydroxylation is 1. The fraction of sp³-hybridized carbons (Fsp3) is 0.286. The number of hydrogen-bond acceptors (Lipinski definition) is 7. The first-order valence-electron chi connectivity index (χ1n) is 12.7. The van der Waals surface area contributed by atoms with Gasteiger partial charge in [-0.3, -0.25) is 14.4 Å². The van der Waals surface area contributed by atoms with Crippen LogP contribution < -0.4 is 21.0 Å². The Labute approximate surface area is 229 Å². The van der Waals surface area contributed by atoms with Gasteiger partial charge in [0.15, 0.2) is 5.43 Å². The van der Waals surface area contributed by atoms with Gasteiger partial charge in [-0.1, -0.05) is 18.7 Å². The highest BCUT2D eigenvalue weighted by atomic mass is 19.1. The molecule has 12 heteroatoms. The molecule has 0 spiro atoms. The molecule has 3 aromatic rings. The molecule has 3 N–H and O–H groups in total. The van der Waals surface area contributed by atoms with Crippen molar-refractivity contribution in [2.45, 2.75) is 20.1 Å². The minimum atomic E-state index is -0.566. The summed E-state index contributed by atoms with van der Waals surface area (Å²) in [6.07, 6.45) is 1.46. The fourth-order valence-electron chi connectivity index (χ4n) is 4.50. The van der Waals surface area contributed by atoms with E-state index in [9.17, 15) is 24.3 Å². The van der Waals surface area contributed by atoms with Gasteiger partial charge in [-0.2, -0.15) is 0 Å². The average Bonchev–Trinajstić information content (AvgIpc) is 2.95. The van der Waals surface area contributed by atoms with E-state index in [1.807, 2.05) is 11.8 Å². The van der Waals surface area contributed by atoms with Crippen LogP contribution in [0.3, 0.4) is 0 Å². The third-order valence-electron chi connectivity index (χ3n) is 6.62. The summed E-state index contributed by atoms with van der Waals surface area (Å²) in [6.45, 7) is 7.08. The van der Waals surface area contributed by atoms with Crippen molar-refractivity contribution < 1.29 is 28.6 Å². The number of ether oxygens (including phenoxy) is 1. The summed E-state index contributed by atoms with van der Waals surface area (Å²) in [4.78, 5) is 50.7. The molecule has 0 atom stereocenters. The molecular weight excluding hydrogens is 521 g/mol. The summed E-state index contributed by atoms with van der Waals surface area (Å²) in [6, 6.07) is 9.57. The topological polar surface area (TPSA) is 133 Å². The third-order valence-corrected chi connectivity index (χ3v) is 6.62. The van der Waals surface area contributed by atoms with E-state index in [1.54, 1.807) is 39.8 Å². The van der Waals surface area contributed by atoms with Crippen molar-refractivity contribution in [3.8, 4) is 0 Å². The number of nitrogens with one attached hydrogen (secondary N) is 2. The second-order valence-corrected chi connectivity index (χ2v) is 9.20. The number of aromatic nitrogens is 1. The number of rotatable bonds is 9. The number of aliphatic hydroxyl groups is 1. The van der Waals surface area contributed by atoms with Gasteiger partial charge in [0.25, 0.3) is 0 Å². The minimum absolute atomic E-state index is 0.0278. The van der Waals surface area contributed by atoms with Crippen molar-refractivity contribution >= 4 is 46.4 Å². The fourth-order valence-corrected chi connectivity index (χ4v) is 4.50. The number of hydrogen-bond donors (Lipinski definition) is 3. The lowest BCUT2D eigenvalue weighted by Gasteiger charge is -2.35. The molecule has 210 valence electrons. The molecule has 0 saturated carbocycles. The van der Waals surface area contributed by atoms with Gasteiger partial charge in [0.05, 0.1) is 23.3 Å². The SMILES string of the molecule is C=C(O)c1cn(CC)c2cc(N3CCN(C(=O)OCc4ccc(NC(=O)CNC=O)cc4)CC3)c(F)cc2c1=O. The van der Waals surface area contributed by atoms with Gasteiger partial charge in [0.1, 0.15) is 18.2 Å². The van der Waals surface area contributed by atoms with Crippen molar-refractivity contribution in [3.05, 3.63) is 76.3 Å². The Bertz CT molecular complexity index is 1500. The Balaban J connectivity index is 1.36. The summed E-state index contributed by atoms with van der Waals surface area (Å²) in [7, 11) is 0. The van der Waals surface area contributed by atoms with E-state index in [4.69, 9.17) is 4.74 Å². The monoisotopic (exact) mass is 551 g/mol. The number of carbonyl (C=O) groups is 3. The maximum absolute atomic E-state index is 15.1. The molecule has 3 amide bonds. The van der Waals surface area contributed by atoms with Crippen LogP contribution in [0.25, 0.3) is 16.7 Å². The van der Waals surface area contributed by atoms with Gasteiger partial charge in [0, 0.05) is 50.0 Å². The lowest BCUT2D eigenvalue weighted by atomic mass is 10.1. The molecule has 1 saturated heterocycles. The van der Waals surface area contributed by atoms with Crippen LogP contribution in [-0.4, -0.2) is 65.7 Å². The standard InChI is InChI=1S/C28H30FN5O6/c1-3-32-15-22(18(2)36)27(38)21-12-23(29)25(13-24(21)32)33-8-10-34(11-9-33)28(39)40-16-19-4-6-20(7-5-19)31-26(37)14-30-17-35/h4-7,12-13,15,17,36H,2-3,8-11,14,16H2,1H3,(H,30,35)(H,31,37). The van der Waals surface area contributed by atoms with E-state index in [-0.39, 0.29) is 35.8 Å². The molecule has 0 radical (unpaired) electrons. The first kappa shape index (κ1) is 28.1. The Kier molecular flexibility index (Phi) is 8.67. The van der Waals surface area contributed by atoms with E-state index in [1.165, 1.54) is 12.3 Å². The molecule has 11 nitrogen and oxygen atoms in total. The molecule has 1 fully saturated rings. The zero-order chi connectivity index (χ0) is 28.8. The van der Waals surface area contributed by atoms with Crippen LogP contribution in [0.5, 0.6) is 0 Å². The molecule has 0 unspecified atom stereocenters. The molecule has 2 heterocycles. The summed E-state index contributed by atoms with van der Waals surface area (Å²) in [5.74, 6) is -1.30. The number of benzene rings is 2. The molecule has 40 heavy (non-hydrogen) atoms. The van der Waals surface area contributed by atoms with Gasteiger partial charge < -0.3 is 34.8 Å². The van der Waals surface area contributed by atoms with Gasteiger partial charge >= 0.3 is 6.09 Å². The van der Waals surface area contributed by atoms with Crippen molar-refractivity contribution in [2.24, 2.45) is 0 Å². The number of fused-ring (bicyclic) bond motifs is 1. The molecule has 1 aromatic heterocycles. The maximum Gasteiger partial charge on any atom is 0.410 e. The van der Waals surface area contributed by atoms with Gasteiger partial charge in [0.2, 0.25) is 12.3 Å². The normalized spacial score (nSPS) is 13.2. The summed E-state index contributed by atoms with van der Waals surface area (Å²) < 4.78 is 22.3. The number of aliphatic hydroxyl groups excluding tert-OH is 1. The Morgan fingerprint density at radius 2 is 1.85 bits per heavy atom. The second-order valence-electron chi connectivity index (χ2n) is 9.20. The van der Waals surface area contributed by atoms with Gasteiger partial charge in [-0.05, 0) is 36.8 Å². The van der Waals surface area contributed by atoms with E-state index < -0.39 is 17.3 Å². The Hall–Kier alpha value is -4.87.